The highest BCUT2D eigenvalue weighted by atomic mass is 35.5. The van der Waals surface area contributed by atoms with Crippen LogP contribution in [0.15, 0.2) is 18.2 Å². The Morgan fingerprint density at radius 3 is 2.64 bits per heavy atom. The van der Waals surface area contributed by atoms with Crippen molar-refractivity contribution < 1.29 is 9.53 Å². The van der Waals surface area contributed by atoms with Gasteiger partial charge in [0.25, 0.3) is 0 Å². The van der Waals surface area contributed by atoms with E-state index in [0.717, 1.165) is 17.9 Å². The Morgan fingerprint density at radius 2 is 2.09 bits per heavy atom. The lowest BCUT2D eigenvalue weighted by atomic mass is 9.84. The first kappa shape index (κ1) is 17.3. The summed E-state index contributed by atoms with van der Waals surface area (Å²) in [6.07, 6.45) is 2.51. The molecule has 1 aliphatic carbocycles. The minimum atomic E-state index is -0.195. The normalized spacial score (nSPS) is 16.4. The highest BCUT2D eigenvalue weighted by Crippen LogP contribution is 2.33. The topological polar surface area (TPSA) is 38.3 Å². The fourth-order valence-electron chi connectivity index (χ4n) is 2.57. The quantitative estimate of drug-likeness (QED) is 0.816. The number of ketones is 1. The molecular formula is C18H26ClNO2. The van der Waals surface area contributed by atoms with Crippen molar-refractivity contribution in [2.75, 3.05) is 6.61 Å². The van der Waals surface area contributed by atoms with Crippen LogP contribution in [-0.4, -0.2) is 18.4 Å². The highest BCUT2D eigenvalue weighted by Gasteiger charge is 2.28. The van der Waals surface area contributed by atoms with Crippen molar-refractivity contribution in [2.24, 2.45) is 11.3 Å². The number of rotatable bonds is 7. The Bertz CT molecular complexity index is 532. The predicted octanol–water partition coefficient (Wildman–Crippen LogP) is 4.22. The summed E-state index contributed by atoms with van der Waals surface area (Å²) < 4.78 is 5.80. The summed E-state index contributed by atoms with van der Waals surface area (Å²) >= 11 is 6.44. The lowest BCUT2D eigenvalue weighted by Gasteiger charge is -2.29. The van der Waals surface area contributed by atoms with Crippen molar-refractivity contribution >= 4 is 17.4 Å². The van der Waals surface area contributed by atoms with E-state index >= 15 is 0 Å². The number of hydrogen-bond donors (Lipinski definition) is 1. The van der Waals surface area contributed by atoms with Gasteiger partial charge in [-0.05, 0) is 42.7 Å². The number of ether oxygens (including phenoxy) is 1. The van der Waals surface area contributed by atoms with Gasteiger partial charge in [-0.1, -0.05) is 44.5 Å². The van der Waals surface area contributed by atoms with Crippen LogP contribution < -0.4 is 10.1 Å². The van der Waals surface area contributed by atoms with Gasteiger partial charge in [-0.15, -0.1) is 0 Å². The fourth-order valence-corrected chi connectivity index (χ4v) is 2.82. The maximum absolute atomic E-state index is 11.8. The molecule has 1 fully saturated rings. The van der Waals surface area contributed by atoms with Gasteiger partial charge in [0.15, 0.2) is 0 Å². The maximum Gasteiger partial charge on any atom is 0.147 e. The molecule has 0 amide bonds. The zero-order valence-electron chi connectivity index (χ0n) is 13.9. The predicted molar refractivity (Wildman–Crippen MR) is 90.4 cm³/mol. The molecule has 2 rings (SSSR count). The SMILES string of the molecule is CC(=O)[C@@H](NCc1cccc(OCC2CC2)c1Cl)C(C)(C)C. The molecule has 0 spiro atoms. The summed E-state index contributed by atoms with van der Waals surface area (Å²) in [5.41, 5.74) is 0.837. The molecule has 1 N–H and O–H groups in total. The molecule has 1 saturated carbocycles. The van der Waals surface area contributed by atoms with E-state index in [1.54, 1.807) is 6.92 Å². The molecule has 1 aromatic rings. The molecule has 1 atom stereocenters. The molecule has 0 unspecified atom stereocenters. The Balaban J connectivity index is 2.02. The van der Waals surface area contributed by atoms with Gasteiger partial charge >= 0.3 is 0 Å². The van der Waals surface area contributed by atoms with Gasteiger partial charge in [0.05, 0.1) is 17.7 Å². The Kier molecular flexibility index (Phi) is 5.51. The number of nitrogens with one attached hydrogen (secondary N) is 1. The Morgan fingerprint density at radius 1 is 1.41 bits per heavy atom. The van der Waals surface area contributed by atoms with Crippen LogP contribution >= 0.6 is 11.6 Å². The molecule has 4 heteroatoms. The average molecular weight is 324 g/mol. The summed E-state index contributed by atoms with van der Waals surface area (Å²) in [7, 11) is 0. The summed E-state index contributed by atoms with van der Waals surface area (Å²) in [5, 5.41) is 3.98. The Hall–Kier alpha value is -1.06. The summed E-state index contributed by atoms with van der Waals surface area (Å²) in [6, 6.07) is 5.63. The van der Waals surface area contributed by atoms with E-state index in [2.05, 4.69) is 26.1 Å². The van der Waals surface area contributed by atoms with Crippen LogP contribution in [-0.2, 0) is 11.3 Å². The first-order valence-electron chi connectivity index (χ1n) is 7.93. The first-order valence-corrected chi connectivity index (χ1v) is 8.31. The van der Waals surface area contributed by atoms with Crippen LogP contribution in [0, 0.1) is 11.3 Å². The lowest BCUT2D eigenvalue weighted by molar-refractivity contribution is -0.121. The van der Waals surface area contributed by atoms with Gasteiger partial charge in [-0.2, -0.15) is 0 Å². The van der Waals surface area contributed by atoms with Crippen LogP contribution in [0.3, 0.4) is 0 Å². The second-order valence-electron chi connectivity index (χ2n) is 7.27. The number of hydrogen-bond acceptors (Lipinski definition) is 3. The first-order chi connectivity index (χ1) is 10.3. The van der Waals surface area contributed by atoms with Crippen molar-refractivity contribution in [1.82, 2.24) is 5.32 Å². The standard InChI is InChI=1S/C18H26ClNO2/c1-12(21)17(18(2,3)4)20-10-14-6-5-7-15(16(14)19)22-11-13-8-9-13/h5-7,13,17,20H,8-11H2,1-4H3/t17-/m1/s1. The minimum absolute atomic E-state index is 0.127. The van der Waals surface area contributed by atoms with E-state index in [1.807, 2.05) is 18.2 Å². The zero-order chi connectivity index (χ0) is 16.3. The largest absolute Gasteiger partial charge is 0.492 e. The zero-order valence-corrected chi connectivity index (χ0v) is 14.7. The number of Topliss-reactive ketones (excluding diaryl/α,β-unsaturated/α-hetero) is 1. The number of benzene rings is 1. The Labute approximate surface area is 138 Å². The monoisotopic (exact) mass is 323 g/mol. The molecule has 22 heavy (non-hydrogen) atoms. The molecule has 0 aliphatic heterocycles. The molecule has 0 radical (unpaired) electrons. The van der Waals surface area contributed by atoms with E-state index < -0.39 is 0 Å². The van der Waals surface area contributed by atoms with E-state index in [9.17, 15) is 4.79 Å². The fraction of sp³-hybridized carbons (Fsp3) is 0.611. The van der Waals surface area contributed by atoms with Crippen LogP contribution in [0.4, 0.5) is 0 Å². The van der Waals surface area contributed by atoms with Crippen LogP contribution in [0.1, 0.15) is 46.1 Å². The average Bonchev–Trinajstić information content (AvgIpc) is 3.21. The summed E-state index contributed by atoms with van der Waals surface area (Å²) in [6.45, 7) is 9.10. The van der Waals surface area contributed by atoms with Gasteiger partial charge in [0, 0.05) is 6.54 Å². The number of carbonyl (C=O) groups excluding carboxylic acids is 1. The van der Waals surface area contributed by atoms with Gasteiger partial charge in [0.1, 0.15) is 11.5 Å². The third kappa shape index (κ3) is 4.72. The smallest absolute Gasteiger partial charge is 0.147 e. The van der Waals surface area contributed by atoms with E-state index in [1.165, 1.54) is 12.8 Å². The van der Waals surface area contributed by atoms with Crippen LogP contribution in [0.2, 0.25) is 5.02 Å². The van der Waals surface area contributed by atoms with Crippen molar-refractivity contribution in [3.8, 4) is 5.75 Å². The van der Waals surface area contributed by atoms with Gasteiger partial charge < -0.3 is 10.1 Å². The second-order valence-corrected chi connectivity index (χ2v) is 7.65. The number of halogens is 1. The maximum atomic E-state index is 11.8. The molecule has 122 valence electrons. The summed E-state index contributed by atoms with van der Waals surface area (Å²) in [4.78, 5) is 11.8. The second kappa shape index (κ2) is 7.01. The van der Waals surface area contributed by atoms with E-state index in [0.29, 0.717) is 17.5 Å². The molecule has 0 bridgehead atoms. The highest BCUT2D eigenvalue weighted by molar-refractivity contribution is 6.32. The van der Waals surface area contributed by atoms with E-state index in [4.69, 9.17) is 16.3 Å². The minimum Gasteiger partial charge on any atom is -0.492 e. The summed E-state index contributed by atoms with van der Waals surface area (Å²) in [5.74, 6) is 1.58. The number of carbonyl (C=O) groups is 1. The molecule has 0 saturated heterocycles. The van der Waals surface area contributed by atoms with Crippen molar-refractivity contribution in [2.45, 2.75) is 53.1 Å². The molecule has 3 nitrogen and oxygen atoms in total. The van der Waals surface area contributed by atoms with Gasteiger partial charge in [-0.3, -0.25) is 4.79 Å². The van der Waals surface area contributed by atoms with Crippen LogP contribution in [0.25, 0.3) is 0 Å². The third-order valence-electron chi connectivity index (χ3n) is 3.98. The van der Waals surface area contributed by atoms with Gasteiger partial charge in [-0.25, -0.2) is 0 Å². The van der Waals surface area contributed by atoms with Crippen molar-refractivity contribution in [3.63, 3.8) is 0 Å². The van der Waals surface area contributed by atoms with Crippen molar-refractivity contribution in [1.29, 1.82) is 0 Å². The third-order valence-corrected chi connectivity index (χ3v) is 4.41. The molecule has 1 aromatic carbocycles. The van der Waals surface area contributed by atoms with Crippen LogP contribution in [0.5, 0.6) is 5.75 Å². The molecule has 0 aromatic heterocycles. The molecule has 0 heterocycles. The van der Waals surface area contributed by atoms with Gasteiger partial charge in [0.2, 0.25) is 0 Å². The lowest BCUT2D eigenvalue weighted by Crippen LogP contribution is -2.45. The van der Waals surface area contributed by atoms with E-state index in [-0.39, 0.29) is 17.2 Å². The molecular weight excluding hydrogens is 298 g/mol. The molecule has 1 aliphatic rings. The van der Waals surface area contributed by atoms with Crippen molar-refractivity contribution in [3.05, 3.63) is 28.8 Å².